The van der Waals surface area contributed by atoms with Crippen LogP contribution in [-0.2, 0) is 0 Å². The highest BCUT2D eigenvalue weighted by atomic mass is 16.5. The number of hydrogen-bond acceptors (Lipinski definition) is 5. The van der Waals surface area contributed by atoms with Crippen molar-refractivity contribution in [3.05, 3.63) is 59.3 Å². The molecule has 1 saturated carbocycles. The molecule has 1 fully saturated rings. The van der Waals surface area contributed by atoms with E-state index in [0.29, 0.717) is 23.7 Å². The molecule has 0 atom stereocenters. The van der Waals surface area contributed by atoms with Crippen molar-refractivity contribution in [1.82, 2.24) is 4.98 Å². The number of aromatic nitrogens is 1. The van der Waals surface area contributed by atoms with Gasteiger partial charge in [-0.25, -0.2) is 9.78 Å². The number of carbonyl (C=O) groups is 2. The van der Waals surface area contributed by atoms with Crippen molar-refractivity contribution in [2.45, 2.75) is 45.6 Å². The predicted octanol–water partition coefficient (Wildman–Crippen LogP) is 4.70. The second-order valence-corrected chi connectivity index (χ2v) is 7.43. The number of pyridine rings is 1. The molecule has 1 heterocycles. The topological polar surface area (TPSA) is 97.8 Å². The highest BCUT2D eigenvalue weighted by Crippen LogP contribution is 2.26. The summed E-state index contributed by atoms with van der Waals surface area (Å²) in [6.07, 6.45) is 7.97. The van der Waals surface area contributed by atoms with Gasteiger partial charge >= 0.3 is 5.97 Å². The molecule has 7 heteroatoms. The second-order valence-electron chi connectivity index (χ2n) is 7.43. The van der Waals surface area contributed by atoms with E-state index in [9.17, 15) is 9.59 Å². The lowest BCUT2D eigenvalue weighted by atomic mass is 10.1. The van der Waals surface area contributed by atoms with E-state index >= 15 is 0 Å². The standard InChI is InChI=1S/C23H26N2O5/c1-15(2)30-20-12-18(11-19(13-20)29-10-9-16-5-3-4-6-16)22(26)25-21-8-7-17(14-24-21)23(27)28/h7-9,11-15H,3-6,10H2,1-2H3,(H,27,28)(H,24,25,26). The van der Waals surface area contributed by atoms with Crippen LogP contribution in [0.15, 0.2) is 48.2 Å². The van der Waals surface area contributed by atoms with Crippen molar-refractivity contribution in [2.24, 2.45) is 0 Å². The molecule has 1 aromatic carbocycles. The van der Waals surface area contributed by atoms with Crippen molar-refractivity contribution in [1.29, 1.82) is 0 Å². The van der Waals surface area contributed by atoms with Crippen LogP contribution >= 0.6 is 0 Å². The van der Waals surface area contributed by atoms with Gasteiger partial charge in [0.15, 0.2) is 0 Å². The average molecular weight is 410 g/mol. The molecule has 1 aliphatic carbocycles. The highest BCUT2D eigenvalue weighted by molar-refractivity contribution is 6.04. The zero-order valence-electron chi connectivity index (χ0n) is 17.2. The molecular formula is C23H26N2O5. The number of anilines is 1. The number of nitrogens with zero attached hydrogens (tertiary/aromatic N) is 1. The molecule has 0 saturated heterocycles. The number of rotatable bonds is 8. The van der Waals surface area contributed by atoms with E-state index in [2.05, 4.69) is 16.4 Å². The average Bonchev–Trinajstić information content (AvgIpc) is 3.21. The molecule has 2 aromatic rings. The monoisotopic (exact) mass is 410 g/mol. The van der Waals surface area contributed by atoms with Gasteiger partial charge < -0.3 is 19.9 Å². The van der Waals surface area contributed by atoms with Gasteiger partial charge in [-0.1, -0.05) is 5.57 Å². The summed E-state index contributed by atoms with van der Waals surface area (Å²) in [5.74, 6) is -0.127. The van der Waals surface area contributed by atoms with E-state index in [-0.39, 0.29) is 17.5 Å². The highest BCUT2D eigenvalue weighted by Gasteiger charge is 2.13. The first-order chi connectivity index (χ1) is 14.4. The summed E-state index contributed by atoms with van der Waals surface area (Å²) in [6.45, 7) is 4.26. The minimum absolute atomic E-state index is 0.0485. The van der Waals surface area contributed by atoms with Gasteiger partial charge in [-0.2, -0.15) is 0 Å². The quantitative estimate of drug-likeness (QED) is 0.612. The van der Waals surface area contributed by atoms with E-state index in [1.54, 1.807) is 18.2 Å². The Bertz CT molecular complexity index is 927. The Kier molecular flexibility index (Phi) is 7.06. The number of carboxylic acids is 1. The third kappa shape index (κ3) is 6.07. The summed E-state index contributed by atoms with van der Waals surface area (Å²) >= 11 is 0. The summed E-state index contributed by atoms with van der Waals surface area (Å²) in [7, 11) is 0. The molecule has 158 valence electrons. The lowest BCUT2D eigenvalue weighted by molar-refractivity contribution is 0.0696. The molecule has 0 spiro atoms. The van der Waals surface area contributed by atoms with Crippen LogP contribution in [0.4, 0.5) is 5.82 Å². The number of nitrogens with one attached hydrogen (secondary N) is 1. The Hall–Kier alpha value is -3.35. The molecule has 0 bridgehead atoms. The smallest absolute Gasteiger partial charge is 0.337 e. The Morgan fingerprint density at radius 1 is 1.13 bits per heavy atom. The van der Waals surface area contributed by atoms with Crippen LogP contribution in [0.3, 0.4) is 0 Å². The fourth-order valence-corrected chi connectivity index (χ4v) is 3.20. The normalized spacial score (nSPS) is 13.2. The fourth-order valence-electron chi connectivity index (χ4n) is 3.20. The maximum absolute atomic E-state index is 12.7. The van der Waals surface area contributed by atoms with Gasteiger partial charge in [0.05, 0.1) is 11.7 Å². The fraction of sp³-hybridized carbons (Fsp3) is 0.348. The van der Waals surface area contributed by atoms with Crippen LogP contribution in [-0.4, -0.2) is 34.7 Å². The second kappa shape index (κ2) is 9.91. The molecule has 1 amide bonds. The lowest BCUT2D eigenvalue weighted by Crippen LogP contribution is -2.14. The SMILES string of the molecule is CC(C)Oc1cc(OCC=C2CCCC2)cc(C(=O)Nc2ccc(C(=O)O)cn2)c1. The molecule has 7 nitrogen and oxygen atoms in total. The van der Waals surface area contributed by atoms with Gasteiger partial charge in [-0.15, -0.1) is 0 Å². The summed E-state index contributed by atoms with van der Waals surface area (Å²) in [4.78, 5) is 27.6. The number of aromatic carboxylic acids is 1. The van der Waals surface area contributed by atoms with Crippen LogP contribution in [0.5, 0.6) is 11.5 Å². The van der Waals surface area contributed by atoms with Crippen LogP contribution in [0.1, 0.15) is 60.2 Å². The van der Waals surface area contributed by atoms with Gasteiger partial charge in [0.2, 0.25) is 0 Å². The predicted molar refractivity (Wildman–Crippen MR) is 113 cm³/mol. The number of amides is 1. The zero-order chi connectivity index (χ0) is 21.5. The largest absolute Gasteiger partial charge is 0.491 e. The Balaban J connectivity index is 1.74. The molecule has 30 heavy (non-hydrogen) atoms. The van der Waals surface area contributed by atoms with E-state index < -0.39 is 11.9 Å². The third-order valence-electron chi connectivity index (χ3n) is 4.63. The van der Waals surface area contributed by atoms with E-state index in [4.69, 9.17) is 14.6 Å². The van der Waals surface area contributed by atoms with Gasteiger partial charge in [0, 0.05) is 17.8 Å². The lowest BCUT2D eigenvalue weighted by Gasteiger charge is -2.14. The van der Waals surface area contributed by atoms with Gasteiger partial charge in [-0.05, 0) is 69.9 Å². The summed E-state index contributed by atoms with van der Waals surface area (Å²) in [5, 5.41) is 11.6. The van der Waals surface area contributed by atoms with E-state index in [1.807, 2.05) is 13.8 Å². The number of carbonyl (C=O) groups excluding carboxylic acids is 1. The molecule has 2 N–H and O–H groups in total. The molecule has 1 aromatic heterocycles. The van der Waals surface area contributed by atoms with Crippen molar-refractivity contribution in [3.8, 4) is 11.5 Å². The maximum Gasteiger partial charge on any atom is 0.337 e. The first-order valence-corrected chi connectivity index (χ1v) is 10.0. The van der Waals surface area contributed by atoms with E-state index in [0.717, 1.165) is 12.8 Å². The minimum Gasteiger partial charge on any atom is -0.491 e. The molecule has 0 radical (unpaired) electrons. The number of ether oxygens (including phenoxy) is 2. The Labute approximate surface area is 175 Å². The van der Waals surface area contributed by atoms with Gasteiger partial charge in [0.1, 0.15) is 23.9 Å². The number of benzene rings is 1. The molecule has 0 aliphatic heterocycles. The van der Waals surface area contributed by atoms with Crippen LogP contribution in [0.2, 0.25) is 0 Å². The van der Waals surface area contributed by atoms with Gasteiger partial charge in [0.25, 0.3) is 5.91 Å². The summed E-state index contributed by atoms with van der Waals surface area (Å²) in [6, 6.07) is 7.89. The van der Waals surface area contributed by atoms with Crippen molar-refractivity contribution in [2.75, 3.05) is 11.9 Å². The van der Waals surface area contributed by atoms with Crippen LogP contribution in [0, 0.1) is 0 Å². The van der Waals surface area contributed by atoms with Crippen molar-refractivity contribution in [3.63, 3.8) is 0 Å². The van der Waals surface area contributed by atoms with Crippen molar-refractivity contribution < 1.29 is 24.2 Å². The molecular weight excluding hydrogens is 384 g/mol. The summed E-state index contributed by atoms with van der Waals surface area (Å²) in [5.41, 5.74) is 1.83. The molecule has 0 unspecified atom stereocenters. The summed E-state index contributed by atoms with van der Waals surface area (Å²) < 4.78 is 11.6. The third-order valence-corrected chi connectivity index (χ3v) is 4.63. The molecule has 3 rings (SSSR count). The first kappa shape index (κ1) is 21.4. The maximum atomic E-state index is 12.7. The number of carboxylic acid groups (broad SMARTS) is 1. The minimum atomic E-state index is -1.08. The molecule has 1 aliphatic rings. The van der Waals surface area contributed by atoms with Crippen LogP contribution < -0.4 is 14.8 Å². The van der Waals surface area contributed by atoms with Crippen molar-refractivity contribution >= 4 is 17.7 Å². The Morgan fingerprint density at radius 3 is 2.50 bits per heavy atom. The Morgan fingerprint density at radius 2 is 1.87 bits per heavy atom. The number of hydrogen-bond donors (Lipinski definition) is 2. The zero-order valence-corrected chi connectivity index (χ0v) is 17.2. The number of allylic oxidation sites excluding steroid dienone is 1. The van der Waals surface area contributed by atoms with E-state index in [1.165, 1.54) is 36.7 Å². The first-order valence-electron chi connectivity index (χ1n) is 10.0. The van der Waals surface area contributed by atoms with Gasteiger partial charge in [-0.3, -0.25) is 4.79 Å². The van der Waals surface area contributed by atoms with Crippen LogP contribution in [0.25, 0.3) is 0 Å².